The molecule has 0 saturated carbocycles. The maximum Gasteiger partial charge on any atom is 0.327 e. The molecule has 0 bridgehead atoms. The minimum atomic E-state index is -1.70. The first-order valence-electron chi connectivity index (χ1n) is 7.50. The second-order valence-electron chi connectivity index (χ2n) is 5.42. The molecule has 0 unspecified atom stereocenters. The van der Waals surface area contributed by atoms with Crippen molar-refractivity contribution in [2.75, 3.05) is 32.2 Å². The fourth-order valence-corrected chi connectivity index (χ4v) is 2.22. The largest absolute Gasteiger partial charge is 0.465 e. The quantitative estimate of drug-likeness (QED) is 0.325. The minimum Gasteiger partial charge on any atom is -0.465 e. The van der Waals surface area contributed by atoms with Crippen LogP contribution < -0.4 is 4.90 Å². The van der Waals surface area contributed by atoms with Crippen LogP contribution >= 0.6 is 0 Å². The van der Waals surface area contributed by atoms with E-state index in [4.69, 9.17) is 9.47 Å². The van der Waals surface area contributed by atoms with Crippen molar-refractivity contribution in [2.24, 2.45) is 0 Å². The monoisotopic (exact) mass is 338 g/mol. The highest BCUT2D eigenvalue weighted by atomic mass is 16.6. The van der Waals surface area contributed by atoms with E-state index in [2.05, 4.69) is 0 Å². The average Bonchev–Trinajstić information content (AvgIpc) is 2.53. The molecule has 24 heavy (non-hydrogen) atoms. The summed E-state index contributed by atoms with van der Waals surface area (Å²) in [5.74, 6) is -1.52. The van der Waals surface area contributed by atoms with Gasteiger partial charge in [-0.1, -0.05) is 6.07 Å². The Labute approximate surface area is 140 Å². The van der Waals surface area contributed by atoms with Crippen LogP contribution in [0.3, 0.4) is 0 Å². The van der Waals surface area contributed by atoms with E-state index in [0.29, 0.717) is 0 Å². The van der Waals surface area contributed by atoms with Gasteiger partial charge in [0, 0.05) is 20.2 Å². The molecule has 8 nitrogen and oxygen atoms in total. The van der Waals surface area contributed by atoms with Crippen molar-refractivity contribution >= 4 is 23.3 Å². The molecule has 1 aromatic rings. The Morgan fingerprint density at radius 2 is 1.67 bits per heavy atom. The molecule has 0 aliphatic rings. The average molecular weight is 338 g/mol. The molecule has 0 atom stereocenters. The van der Waals surface area contributed by atoms with Crippen LogP contribution in [0.1, 0.15) is 26.3 Å². The van der Waals surface area contributed by atoms with Gasteiger partial charge in [-0.3, -0.25) is 19.7 Å². The lowest BCUT2D eigenvalue weighted by molar-refractivity contribution is -0.384. The van der Waals surface area contributed by atoms with Crippen LogP contribution in [0, 0.1) is 10.1 Å². The van der Waals surface area contributed by atoms with E-state index < -0.39 is 22.3 Å². The molecule has 0 spiro atoms. The molecule has 0 radical (unpaired) electrons. The van der Waals surface area contributed by atoms with Gasteiger partial charge < -0.3 is 14.4 Å². The van der Waals surface area contributed by atoms with Crippen molar-refractivity contribution in [1.29, 1.82) is 0 Å². The van der Waals surface area contributed by atoms with Crippen LogP contribution in [0.15, 0.2) is 18.2 Å². The summed E-state index contributed by atoms with van der Waals surface area (Å²) in [4.78, 5) is 37.0. The van der Waals surface area contributed by atoms with Gasteiger partial charge in [0.25, 0.3) is 5.69 Å². The normalized spacial score (nSPS) is 10.9. The minimum absolute atomic E-state index is 0.0986. The molecule has 0 aromatic heterocycles. The Kier molecular flexibility index (Phi) is 6.27. The van der Waals surface area contributed by atoms with E-state index in [1.54, 1.807) is 32.8 Å². The van der Waals surface area contributed by atoms with E-state index in [0.717, 1.165) is 0 Å². The summed E-state index contributed by atoms with van der Waals surface area (Å²) in [6.07, 6.45) is 0. The molecule has 1 rings (SSSR count). The molecule has 0 saturated heterocycles. The number of nitro benzene ring substituents is 1. The Hall–Kier alpha value is -2.64. The predicted octanol–water partition coefficient (Wildman–Crippen LogP) is 2.04. The fourth-order valence-electron chi connectivity index (χ4n) is 2.22. The molecule has 8 heteroatoms. The lowest BCUT2D eigenvalue weighted by atomic mass is 9.82. The third kappa shape index (κ3) is 3.64. The second-order valence-corrected chi connectivity index (χ2v) is 5.42. The van der Waals surface area contributed by atoms with Gasteiger partial charge in [0.05, 0.1) is 18.1 Å². The van der Waals surface area contributed by atoms with Gasteiger partial charge in [0.15, 0.2) is 5.41 Å². The highest BCUT2D eigenvalue weighted by Gasteiger charge is 2.46. The topological polar surface area (TPSA) is 99.0 Å². The highest BCUT2D eigenvalue weighted by Crippen LogP contribution is 2.35. The van der Waals surface area contributed by atoms with Crippen molar-refractivity contribution in [1.82, 2.24) is 0 Å². The summed E-state index contributed by atoms with van der Waals surface area (Å²) >= 11 is 0. The van der Waals surface area contributed by atoms with Gasteiger partial charge in [-0.15, -0.1) is 0 Å². The first-order valence-corrected chi connectivity index (χ1v) is 7.50. The molecular formula is C16H22N2O6. The molecule has 0 aliphatic carbocycles. The third-order valence-corrected chi connectivity index (χ3v) is 3.60. The summed E-state index contributed by atoms with van der Waals surface area (Å²) in [6, 6.07) is 4.08. The summed E-state index contributed by atoms with van der Waals surface area (Å²) < 4.78 is 10.0. The summed E-state index contributed by atoms with van der Waals surface area (Å²) in [7, 11) is 3.27. The second kappa shape index (κ2) is 7.76. The number of esters is 2. The summed E-state index contributed by atoms with van der Waals surface area (Å²) in [5.41, 5.74) is -1.28. The van der Waals surface area contributed by atoms with E-state index in [1.807, 2.05) is 0 Å². The Balaban J connectivity index is 3.54. The number of ether oxygens (including phenoxy) is 2. The van der Waals surface area contributed by atoms with Crippen LogP contribution in [0.2, 0.25) is 0 Å². The lowest BCUT2D eigenvalue weighted by Gasteiger charge is -2.26. The number of carbonyl (C=O) groups excluding carboxylic acids is 2. The summed E-state index contributed by atoms with van der Waals surface area (Å²) in [5, 5.41) is 11.2. The number of rotatable bonds is 7. The molecule has 1 aromatic carbocycles. The van der Waals surface area contributed by atoms with Crippen molar-refractivity contribution in [3.63, 3.8) is 0 Å². The van der Waals surface area contributed by atoms with Crippen molar-refractivity contribution in [3.05, 3.63) is 33.9 Å². The number of anilines is 1. The zero-order valence-electron chi connectivity index (χ0n) is 14.5. The molecule has 0 amide bonds. The number of nitrogens with zero attached hydrogens (tertiary/aromatic N) is 2. The number of benzene rings is 1. The zero-order chi connectivity index (χ0) is 18.5. The fraction of sp³-hybridized carbons (Fsp3) is 0.500. The van der Waals surface area contributed by atoms with Crippen LogP contribution in [0.4, 0.5) is 11.4 Å². The number of hydrogen-bond acceptors (Lipinski definition) is 7. The van der Waals surface area contributed by atoms with Gasteiger partial charge >= 0.3 is 11.9 Å². The van der Waals surface area contributed by atoms with E-state index >= 15 is 0 Å². The smallest absolute Gasteiger partial charge is 0.327 e. The van der Waals surface area contributed by atoms with Crippen molar-refractivity contribution in [3.8, 4) is 0 Å². The van der Waals surface area contributed by atoms with Gasteiger partial charge in [0.1, 0.15) is 5.69 Å². The standard InChI is InChI=1S/C16H22N2O6/c1-6-23-14(19)16(3,15(20)24-7-2)11-8-9-12(18(21)22)13(10-11)17(4)5/h8-10H,6-7H2,1-5H3. The van der Waals surface area contributed by atoms with Gasteiger partial charge in [-0.25, -0.2) is 0 Å². The Bertz CT molecular complexity index is 623. The number of hydrogen-bond donors (Lipinski definition) is 0. The van der Waals surface area contributed by atoms with E-state index in [9.17, 15) is 19.7 Å². The van der Waals surface area contributed by atoms with Gasteiger partial charge in [0.2, 0.25) is 0 Å². The molecule has 0 aliphatic heterocycles. The molecule has 0 heterocycles. The Morgan fingerprint density at radius 1 is 1.17 bits per heavy atom. The van der Waals surface area contributed by atoms with Crippen LogP contribution in [-0.4, -0.2) is 44.2 Å². The SMILES string of the molecule is CCOC(=O)C(C)(C(=O)OCC)c1ccc([N+](=O)[O-])c(N(C)C)c1. The first kappa shape index (κ1) is 19.4. The van der Waals surface area contributed by atoms with E-state index in [1.165, 1.54) is 25.1 Å². The van der Waals surface area contributed by atoms with Crippen LogP contribution in [0.25, 0.3) is 0 Å². The predicted molar refractivity (Wildman–Crippen MR) is 88.0 cm³/mol. The highest BCUT2D eigenvalue weighted by molar-refractivity contribution is 6.06. The van der Waals surface area contributed by atoms with E-state index in [-0.39, 0.29) is 30.2 Å². The Morgan fingerprint density at radius 3 is 2.04 bits per heavy atom. The van der Waals surface area contributed by atoms with Crippen molar-refractivity contribution < 1.29 is 24.0 Å². The third-order valence-electron chi connectivity index (χ3n) is 3.60. The van der Waals surface area contributed by atoms with Gasteiger partial charge in [-0.05, 0) is 32.4 Å². The maximum absolute atomic E-state index is 12.4. The number of carbonyl (C=O) groups is 2. The summed E-state index contributed by atoms with van der Waals surface area (Å²) in [6.45, 7) is 4.85. The first-order chi connectivity index (χ1) is 11.2. The number of nitro groups is 1. The molecule has 132 valence electrons. The van der Waals surface area contributed by atoms with Gasteiger partial charge in [-0.2, -0.15) is 0 Å². The van der Waals surface area contributed by atoms with Crippen molar-refractivity contribution in [2.45, 2.75) is 26.2 Å². The molecule has 0 N–H and O–H groups in total. The van der Waals surface area contributed by atoms with Crippen LogP contribution in [-0.2, 0) is 24.5 Å². The molecular weight excluding hydrogens is 316 g/mol. The maximum atomic E-state index is 12.4. The molecule has 0 fully saturated rings. The van der Waals surface area contributed by atoms with Crippen LogP contribution in [0.5, 0.6) is 0 Å². The zero-order valence-corrected chi connectivity index (χ0v) is 14.5. The lowest BCUT2D eigenvalue weighted by Crippen LogP contribution is -2.43.